The van der Waals surface area contributed by atoms with Gasteiger partial charge in [-0.25, -0.2) is 0 Å². The van der Waals surface area contributed by atoms with E-state index in [-0.39, 0.29) is 17.9 Å². The molecule has 1 N–H and O–H groups in total. The highest BCUT2D eigenvalue weighted by molar-refractivity contribution is 6.33. The van der Waals surface area contributed by atoms with Crippen molar-refractivity contribution < 1.29 is 9.45 Å². The van der Waals surface area contributed by atoms with Crippen LogP contribution in [0.2, 0.25) is 5.02 Å². The molecule has 2 aromatic rings. The lowest BCUT2D eigenvalue weighted by Gasteiger charge is -2.06. The van der Waals surface area contributed by atoms with Crippen LogP contribution in [0.3, 0.4) is 0 Å². The number of nitrogens with zero attached hydrogens (tertiary/aromatic N) is 2. The molecule has 1 heterocycles. The maximum atomic E-state index is 10.8. The molecule has 0 aliphatic heterocycles. The summed E-state index contributed by atoms with van der Waals surface area (Å²) in [5.74, 6) is 0.569. The molecule has 0 atom stereocenters. The highest BCUT2D eigenvalue weighted by atomic mass is 35.5. The summed E-state index contributed by atoms with van der Waals surface area (Å²) < 4.78 is 4.87. The van der Waals surface area contributed by atoms with Gasteiger partial charge in [0.15, 0.2) is 5.76 Å². The number of benzene rings is 1. The van der Waals surface area contributed by atoms with Crippen molar-refractivity contribution in [1.29, 1.82) is 0 Å². The molecule has 0 spiro atoms. The number of hydrogen-bond donors (Lipinski definition) is 1. The van der Waals surface area contributed by atoms with Crippen molar-refractivity contribution in [2.75, 3.05) is 5.32 Å². The maximum Gasteiger partial charge on any atom is 0.293 e. The average Bonchev–Trinajstić information content (AvgIpc) is 2.80. The molecule has 0 amide bonds. The Kier molecular flexibility index (Phi) is 3.24. The summed E-state index contributed by atoms with van der Waals surface area (Å²) in [6.45, 7) is 0.282. The Morgan fingerprint density at radius 3 is 2.94 bits per heavy atom. The summed E-state index contributed by atoms with van der Waals surface area (Å²) >= 11 is 5.90. The minimum absolute atomic E-state index is 0.0722. The molecule has 0 aliphatic rings. The van der Waals surface area contributed by atoms with Gasteiger partial charge in [-0.3, -0.25) is 10.1 Å². The largest absolute Gasteiger partial charge is 0.371 e. The predicted molar refractivity (Wildman–Crippen MR) is 61.9 cm³/mol. The van der Waals surface area contributed by atoms with Crippen LogP contribution in [0.1, 0.15) is 5.76 Å². The molecule has 0 saturated heterocycles. The summed E-state index contributed by atoms with van der Waals surface area (Å²) in [6.07, 6.45) is 1.50. The van der Waals surface area contributed by atoms with Crippen molar-refractivity contribution in [3.05, 3.63) is 51.4 Å². The summed E-state index contributed by atoms with van der Waals surface area (Å²) in [5, 5.41) is 17.5. The van der Waals surface area contributed by atoms with Crippen LogP contribution in [-0.4, -0.2) is 10.1 Å². The molecule has 17 heavy (non-hydrogen) atoms. The minimum Gasteiger partial charge on any atom is -0.371 e. The molecule has 0 bridgehead atoms. The van der Waals surface area contributed by atoms with Crippen LogP contribution in [-0.2, 0) is 6.54 Å². The number of para-hydroxylation sites is 1. The fraction of sp³-hybridized carbons (Fsp3) is 0.100. The van der Waals surface area contributed by atoms with Crippen molar-refractivity contribution >= 4 is 23.0 Å². The first-order chi connectivity index (χ1) is 8.18. The lowest BCUT2D eigenvalue weighted by molar-refractivity contribution is -0.384. The molecule has 0 saturated carbocycles. The molecular formula is C10H8ClN3O3. The van der Waals surface area contributed by atoms with Gasteiger partial charge in [-0.15, -0.1) is 0 Å². The molecule has 0 aliphatic carbocycles. The van der Waals surface area contributed by atoms with Gasteiger partial charge in [-0.05, 0) is 6.07 Å². The van der Waals surface area contributed by atoms with Crippen LogP contribution < -0.4 is 5.32 Å². The van der Waals surface area contributed by atoms with Crippen LogP contribution in [0.25, 0.3) is 0 Å². The van der Waals surface area contributed by atoms with E-state index in [2.05, 4.69) is 10.5 Å². The van der Waals surface area contributed by atoms with Crippen LogP contribution in [0, 0.1) is 10.1 Å². The molecule has 7 heteroatoms. The SMILES string of the molecule is O=[N+]([O-])c1cccc(Cl)c1NCc1ccno1. The van der Waals surface area contributed by atoms with Gasteiger partial charge in [0.1, 0.15) is 5.69 Å². The van der Waals surface area contributed by atoms with E-state index in [9.17, 15) is 10.1 Å². The quantitative estimate of drug-likeness (QED) is 0.669. The van der Waals surface area contributed by atoms with Gasteiger partial charge >= 0.3 is 0 Å². The molecule has 88 valence electrons. The van der Waals surface area contributed by atoms with E-state index in [4.69, 9.17) is 16.1 Å². The van der Waals surface area contributed by atoms with Crippen LogP contribution in [0.4, 0.5) is 11.4 Å². The van der Waals surface area contributed by atoms with Gasteiger partial charge in [0.2, 0.25) is 0 Å². The van der Waals surface area contributed by atoms with Crippen molar-refractivity contribution in [3.63, 3.8) is 0 Å². The Morgan fingerprint density at radius 1 is 1.47 bits per heavy atom. The number of nitrogens with one attached hydrogen (secondary N) is 1. The van der Waals surface area contributed by atoms with Crippen molar-refractivity contribution in [1.82, 2.24) is 5.16 Å². The Hall–Kier alpha value is -2.08. The summed E-state index contributed by atoms with van der Waals surface area (Å²) in [6, 6.07) is 6.15. The number of nitro benzene ring substituents is 1. The molecule has 1 aromatic heterocycles. The second-order valence-electron chi connectivity index (χ2n) is 3.22. The Labute approximate surface area is 101 Å². The van der Waals surface area contributed by atoms with Crippen molar-refractivity contribution in [2.45, 2.75) is 6.54 Å². The van der Waals surface area contributed by atoms with E-state index in [0.29, 0.717) is 10.8 Å². The van der Waals surface area contributed by atoms with Gasteiger partial charge in [0.05, 0.1) is 22.7 Å². The van der Waals surface area contributed by atoms with Crippen LogP contribution >= 0.6 is 11.6 Å². The first kappa shape index (κ1) is 11.4. The fourth-order valence-corrected chi connectivity index (χ4v) is 1.59. The normalized spacial score (nSPS) is 10.2. The van der Waals surface area contributed by atoms with Crippen molar-refractivity contribution in [2.24, 2.45) is 0 Å². The smallest absolute Gasteiger partial charge is 0.293 e. The molecule has 0 fully saturated rings. The zero-order chi connectivity index (χ0) is 12.3. The van der Waals surface area contributed by atoms with Gasteiger partial charge in [-0.1, -0.05) is 22.8 Å². The maximum absolute atomic E-state index is 10.8. The van der Waals surface area contributed by atoms with E-state index >= 15 is 0 Å². The number of halogens is 1. The van der Waals surface area contributed by atoms with Crippen LogP contribution in [0.5, 0.6) is 0 Å². The highest BCUT2D eigenvalue weighted by Crippen LogP contribution is 2.32. The highest BCUT2D eigenvalue weighted by Gasteiger charge is 2.16. The third kappa shape index (κ3) is 2.54. The molecule has 0 unspecified atom stereocenters. The Morgan fingerprint density at radius 2 is 2.29 bits per heavy atom. The number of anilines is 1. The molecule has 1 aromatic carbocycles. The minimum atomic E-state index is -0.491. The van der Waals surface area contributed by atoms with Crippen LogP contribution in [0.15, 0.2) is 35.0 Å². The number of nitro groups is 1. The zero-order valence-electron chi connectivity index (χ0n) is 8.59. The molecular weight excluding hydrogens is 246 g/mol. The number of rotatable bonds is 4. The Bertz CT molecular complexity index is 528. The van der Waals surface area contributed by atoms with Crippen molar-refractivity contribution in [3.8, 4) is 0 Å². The predicted octanol–water partition coefficient (Wildman–Crippen LogP) is 2.85. The monoisotopic (exact) mass is 253 g/mol. The van der Waals surface area contributed by atoms with E-state index in [1.54, 1.807) is 12.1 Å². The van der Waals surface area contributed by atoms with E-state index < -0.39 is 4.92 Å². The lowest BCUT2D eigenvalue weighted by Crippen LogP contribution is -2.02. The summed E-state index contributed by atoms with van der Waals surface area (Å²) in [4.78, 5) is 10.3. The first-order valence-electron chi connectivity index (χ1n) is 4.75. The molecule has 2 rings (SSSR count). The second-order valence-corrected chi connectivity index (χ2v) is 3.63. The van der Waals surface area contributed by atoms with Gasteiger partial charge in [-0.2, -0.15) is 0 Å². The third-order valence-electron chi connectivity index (χ3n) is 2.12. The Balaban J connectivity index is 2.22. The van der Waals surface area contributed by atoms with E-state index in [0.717, 1.165) is 0 Å². The fourth-order valence-electron chi connectivity index (χ4n) is 1.35. The van der Waals surface area contributed by atoms with Gasteiger partial charge in [0, 0.05) is 12.1 Å². The van der Waals surface area contributed by atoms with E-state index in [1.165, 1.54) is 18.3 Å². The summed E-state index contributed by atoms with van der Waals surface area (Å²) in [5.41, 5.74) is 0.201. The average molecular weight is 254 g/mol. The zero-order valence-corrected chi connectivity index (χ0v) is 9.35. The summed E-state index contributed by atoms with van der Waals surface area (Å²) in [7, 11) is 0. The number of aromatic nitrogens is 1. The van der Waals surface area contributed by atoms with Gasteiger partial charge in [0.25, 0.3) is 5.69 Å². The molecule has 0 radical (unpaired) electrons. The second kappa shape index (κ2) is 4.84. The standard InChI is InChI=1S/C10H8ClN3O3/c11-8-2-1-3-9(14(15)16)10(8)12-6-7-4-5-13-17-7/h1-5,12H,6H2. The first-order valence-corrected chi connectivity index (χ1v) is 5.12. The van der Waals surface area contributed by atoms with E-state index in [1.807, 2.05) is 0 Å². The topological polar surface area (TPSA) is 81.2 Å². The molecule has 6 nitrogen and oxygen atoms in total. The lowest BCUT2D eigenvalue weighted by atomic mass is 10.2. The number of hydrogen-bond acceptors (Lipinski definition) is 5. The third-order valence-corrected chi connectivity index (χ3v) is 2.43. The van der Waals surface area contributed by atoms with Gasteiger partial charge < -0.3 is 9.84 Å².